The van der Waals surface area contributed by atoms with Crippen molar-refractivity contribution in [3.05, 3.63) is 17.8 Å². The lowest BCUT2D eigenvalue weighted by Crippen LogP contribution is -2.25. The Balaban J connectivity index is 1.95. The minimum atomic E-state index is -0.352. The molecule has 2 atom stereocenters. The molecule has 1 fully saturated rings. The highest BCUT2D eigenvalue weighted by Gasteiger charge is 2.26. The van der Waals surface area contributed by atoms with Gasteiger partial charge < -0.3 is 11.1 Å². The van der Waals surface area contributed by atoms with Crippen LogP contribution in [0.4, 0.5) is 10.2 Å². The molecule has 94 valence electrons. The van der Waals surface area contributed by atoms with E-state index in [0.29, 0.717) is 23.3 Å². The third-order valence-corrected chi connectivity index (χ3v) is 3.61. The standard InChI is InChI=1S/C12H19FN4/c1-8-11(13)12(17-7-16-8)15-6-10-4-2-3-9(10)5-14/h7,9-10H,2-6,14H2,1H3,(H,15,16,17). The van der Waals surface area contributed by atoms with Crippen LogP contribution in [0.5, 0.6) is 0 Å². The fourth-order valence-corrected chi connectivity index (χ4v) is 2.50. The second-order valence-corrected chi connectivity index (χ2v) is 4.69. The zero-order valence-corrected chi connectivity index (χ0v) is 10.1. The van der Waals surface area contributed by atoms with E-state index in [1.165, 1.54) is 25.6 Å². The van der Waals surface area contributed by atoms with Crippen molar-refractivity contribution in [1.82, 2.24) is 9.97 Å². The van der Waals surface area contributed by atoms with E-state index in [4.69, 9.17) is 5.73 Å². The molecule has 2 rings (SSSR count). The van der Waals surface area contributed by atoms with Crippen LogP contribution in [0.3, 0.4) is 0 Å². The smallest absolute Gasteiger partial charge is 0.186 e. The Bertz CT molecular complexity index is 383. The molecule has 1 saturated carbocycles. The number of anilines is 1. The van der Waals surface area contributed by atoms with Crippen molar-refractivity contribution in [3.8, 4) is 0 Å². The summed E-state index contributed by atoms with van der Waals surface area (Å²) < 4.78 is 13.6. The highest BCUT2D eigenvalue weighted by Crippen LogP contribution is 2.31. The van der Waals surface area contributed by atoms with Crippen LogP contribution in [0.25, 0.3) is 0 Å². The second kappa shape index (κ2) is 5.40. The Morgan fingerprint density at radius 1 is 1.41 bits per heavy atom. The summed E-state index contributed by atoms with van der Waals surface area (Å²) in [4.78, 5) is 7.73. The number of halogens is 1. The van der Waals surface area contributed by atoms with Gasteiger partial charge >= 0.3 is 0 Å². The van der Waals surface area contributed by atoms with E-state index < -0.39 is 0 Å². The topological polar surface area (TPSA) is 63.8 Å². The van der Waals surface area contributed by atoms with Crippen molar-refractivity contribution in [1.29, 1.82) is 0 Å². The van der Waals surface area contributed by atoms with Gasteiger partial charge in [-0.15, -0.1) is 0 Å². The van der Waals surface area contributed by atoms with Crippen LogP contribution in [-0.4, -0.2) is 23.1 Å². The summed E-state index contributed by atoms with van der Waals surface area (Å²) in [6.45, 7) is 3.10. The van der Waals surface area contributed by atoms with Crippen LogP contribution in [0.2, 0.25) is 0 Å². The van der Waals surface area contributed by atoms with Crippen molar-refractivity contribution in [2.45, 2.75) is 26.2 Å². The number of rotatable bonds is 4. The summed E-state index contributed by atoms with van der Waals surface area (Å²) in [6.07, 6.45) is 4.96. The van der Waals surface area contributed by atoms with E-state index >= 15 is 0 Å². The minimum absolute atomic E-state index is 0.306. The predicted octanol–water partition coefficient (Wildman–Crippen LogP) is 1.71. The maximum absolute atomic E-state index is 13.6. The summed E-state index contributed by atoms with van der Waals surface area (Å²) in [6, 6.07) is 0. The summed E-state index contributed by atoms with van der Waals surface area (Å²) in [5, 5.41) is 3.08. The van der Waals surface area contributed by atoms with E-state index in [1.807, 2.05) is 0 Å². The molecule has 1 aliphatic rings. The second-order valence-electron chi connectivity index (χ2n) is 4.69. The van der Waals surface area contributed by atoms with Crippen LogP contribution in [0.15, 0.2) is 6.33 Å². The molecule has 0 aliphatic heterocycles. The van der Waals surface area contributed by atoms with Gasteiger partial charge in [0.25, 0.3) is 0 Å². The fourth-order valence-electron chi connectivity index (χ4n) is 2.50. The molecule has 1 aromatic heterocycles. The monoisotopic (exact) mass is 238 g/mol. The summed E-state index contributed by atoms with van der Waals surface area (Å²) in [5.41, 5.74) is 6.10. The summed E-state index contributed by atoms with van der Waals surface area (Å²) in [7, 11) is 0. The maximum Gasteiger partial charge on any atom is 0.186 e. The van der Waals surface area contributed by atoms with Gasteiger partial charge in [-0.3, -0.25) is 0 Å². The van der Waals surface area contributed by atoms with Crippen molar-refractivity contribution in [3.63, 3.8) is 0 Å². The predicted molar refractivity (Wildman–Crippen MR) is 65.1 cm³/mol. The first kappa shape index (κ1) is 12.2. The quantitative estimate of drug-likeness (QED) is 0.838. The van der Waals surface area contributed by atoms with E-state index in [2.05, 4.69) is 15.3 Å². The van der Waals surface area contributed by atoms with Crippen LogP contribution in [0, 0.1) is 24.6 Å². The number of nitrogens with zero attached hydrogens (tertiary/aromatic N) is 2. The molecule has 2 unspecified atom stereocenters. The molecule has 5 heteroatoms. The SMILES string of the molecule is Cc1ncnc(NCC2CCCC2CN)c1F. The molecule has 17 heavy (non-hydrogen) atoms. The average molecular weight is 238 g/mol. The van der Waals surface area contributed by atoms with Crippen molar-refractivity contribution in [2.75, 3.05) is 18.4 Å². The summed E-state index contributed by atoms with van der Waals surface area (Å²) >= 11 is 0. The first-order valence-electron chi connectivity index (χ1n) is 6.13. The molecule has 1 aliphatic carbocycles. The van der Waals surface area contributed by atoms with Crippen molar-refractivity contribution in [2.24, 2.45) is 17.6 Å². The number of nitrogens with one attached hydrogen (secondary N) is 1. The molecule has 0 saturated heterocycles. The van der Waals surface area contributed by atoms with Gasteiger partial charge in [0.05, 0.1) is 5.69 Å². The molecule has 3 N–H and O–H groups in total. The van der Waals surface area contributed by atoms with E-state index in [1.54, 1.807) is 6.92 Å². The van der Waals surface area contributed by atoms with Crippen LogP contribution >= 0.6 is 0 Å². The van der Waals surface area contributed by atoms with Crippen LogP contribution in [0.1, 0.15) is 25.0 Å². The number of hydrogen-bond donors (Lipinski definition) is 2. The first-order chi connectivity index (χ1) is 8.22. The van der Waals surface area contributed by atoms with Crippen LogP contribution in [-0.2, 0) is 0 Å². The number of aromatic nitrogens is 2. The van der Waals surface area contributed by atoms with E-state index in [9.17, 15) is 4.39 Å². The van der Waals surface area contributed by atoms with Gasteiger partial charge in [0, 0.05) is 6.54 Å². The van der Waals surface area contributed by atoms with Gasteiger partial charge in [-0.2, -0.15) is 0 Å². The zero-order valence-electron chi connectivity index (χ0n) is 10.1. The van der Waals surface area contributed by atoms with Gasteiger partial charge in [0.1, 0.15) is 6.33 Å². The molecular formula is C12H19FN4. The third kappa shape index (κ3) is 2.72. The number of nitrogens with two attached hydrogens (primary N) is 1. The summed E-state index contributed by atoms with van der Waals surface area (Å²) in [5.74, 6) is 1.05. The third-order valence-electron chi connectivity index (χ3n) is 3.61. The average Bonchev–Trinajstić information content (AvgIpc) is 2.78. The molecule has 4 nitrogen and oxygen atoms in total. The Labute approximate surface area is 101 Å². The highest BCUT2D eigenvalue weighted by atomic mass is 19.1. The zero-order chi connectivity index (χ0) is 12.3. The van der Waals surface area contributed by atoms with Gasteiger partial charge in [0.2, 0.25) is 0 Å². The maximum atomic E-state index is 13.6. The molecular weight excluding hydrogens is 219 g/mol. The molecule has 1 heterocycles. The van der Waals surface area contributed by atoms with Gasteiger partial charge in [-0.05, 0) is 38.1 Å². The van der Waals surface area contributed by atoms with E-state index in [-0.39, 0.29) is 5.82 Å². The Morgan fingerprint density at radius 2 is 2.18 bits per heavy atom. The minimum Gasteiger partial charge on any atom is -0.367 e. The van der Waals surface area contributed by atoms with Gasteiger partial charge in [0.15, 0.2) is 11.6 Å². The molecule has 0 amide bonds. The molecule has 0 spiro atoms. The van der Waals surface area contributed by atoms with Gasteiger partial charge in [-0.1, -0.05) is 6.42 Å². The normalized spacial score (nSPS) is 23.9. The Morgan fingerprint density at radius 3 is 2.94 bits per heavy atom. The fraction of sp³-hybridized carbons (Fsp3) is 0.667. The Hall–Kier alpha value is -1.23. The largest absolute Gasteiger partial charge is 0.367 e. The molecule has 0 bridgehead atoms. The number of hydrogen-bond acceptors (Lipinski definition) is 4. The number of aryl methyl sites for hydroxylation is 1. The van der Waals surface area contributed by atoms with E-state index in [0.717, 1.165) is 13.1 Å². The molecule has 0 radical (unpaired) electrons. The highest BCUT2D eigenvalue weighted by molar-refractivity contribution is 5.36. The Kier molecular flexibility index (Phi) is 3.89. The van der Waals surface area contributed by atoms with Gasteiger partial charge in [-0.25, -0.2) is 14.4 Å². The lowest BCUT2D eigenvalue weighted by molar-refractivity contribution is 0.413. The first-order valence-corrected chi connectivity index (χ1v) is 6.13. The van der Waals surface area contributed by atoms with Crippen molar-refractivity contribution < 1.29 is 4.39 Å². The lowest BCUT2D eigenvalue weighted by atomic mass is 9.96. The molecule has 0 aromatic carbocycles. The van der Waals surface area contributed by atoms with Crippen molar-refractivity contribution >= 4 is 5.82 Å². The van der Waals surface area contributed by atoms with Crippen LogP contribution < -0.4 is 11.1 Å². The molecule has 1 aromatic rings. The lowest BCUT2D eigenvalue weighted by Gasteiger charge is -2.18.